The van der Waals surface area contributed by atoms with E-state index in [1.54, 1.807) is 32.9 Å². The number of amides is 1. The van der Waals surface area contributed by atoms with E-state index in [0.29, 0.717) is 19.6 Å². The smallest absolute Gasteiger partial charge is 0.407 e. The topological polar surface area (TPSA) is 93.5 Å². The van der Waals surface area contributed by atoms with Gasteiger partial charge in [-0.15, -0.1) is 0 Å². The molecule has 126 valence electrons. The molecular formula is C16H23N3O4. The zero-order valence-electron chi connectivity index (χ0n) is 13.7. The Kier molecular flexibility index (Phi) is 7.21. The number of nitro benzene ring substituents is 1. The van der Waals surface area contributed by atoms with Crippen LogP contribution in [-0.2, 0) is 11.3 Å². The van der Waals surface area contributed by atoms with Crippen LogP contribution in [0.5, 0.6) is 0 Å². The van der Waals surface area contributed by atoms with Gasteiger partial charge in [0.1, 0.15) is 5.60 Å². The quantitative estimate of drug-likeness (QED) is 0.348. The highest BCUT2D eigenvalue weighted by Crippen LogP contribution is 2.12. The average molecular weight is 321 g/mol. The van der Waals surface area contributed by atoms with Gasteiger partial charge in [0.05, 0.1) is 4.92 Å². The van der Waals surface area contributed by atoms with Crippen LogP contribution in [0.4, 0.5) is 10.5 Å². The maximum atomic E-state index is 11.4. The first kappa shape index (κ1) is 18.6. The van der Waals surface area contributed by atoms with Gasteiger partial charge in [-0.3, -0.25) is 10.1 Å². The maximum absolute atomic E-state index is 11.4. The third-order valence-electron chi connectivity index (χ3n) is 2.64. The molecule has 0 aliphatic heterocycles. The summed E-state index contributed by atoms with van der Waals surface area (Å²) >= 11 is 0. The summed E-state index contributed by atoms with van der Waals surface area (Å²) in [6.07, 6.45) is 3.23. The Morgan fingerprint density at radius 1 is 1.30 bits per heavy atom. The minimum atomic E-state index is -0.506. The van der Waals surface area contributed by atoms with Gasteiger partial charge >= 0.3 is 6.09 Å². The molecule has 0 heterocycles. The van der Waals surface area contributed by atoms with Crippen LogP contribution in [0, 0.1) is 10.1 Å². The number of ether oxygens (including phenoxy) is 1. The van der Waals surface area contributed by atoms with Crippen molar-refractivity contribution in [1.29, 1.82) is 0 Å². The fourth-order valence-electron chi connectivity index (χ4n) is 1.70. The lowest BCUT2D eigenvalue weighted by Gasteiger charge is -2.19. The van der Waals surface area contributed by atoms with Crippen molar-refractivity contribution < 1.29 is 14.5 Å². The van der Waals surface area contributed by atoms with Crippen LogP contribution in [0.3, 0.4) is 0 Å². The summed E-state index contributed by atoms with van der Waals surface area (Å²) in [6, 6.07) is 6.50. The number of nitro groups is 1. The molecule has 2 N–H and O–H groups in total. The number of hydrogen-bond acceptors (Lipinski definition) is 5. The summed E-state index contributed by atoms with van der Waals surface area (Å²) in [5.74, 6) is 0. The Hall–Kier alpha value is -2.41. The number of alkyl carbamates (subject to hydrolysis) is 1. The molecule has 0 fully saturated rings. The van der Waals surface area contributed by atoms with E-state index in [1.165, 1.54) is 6.07 Å². The first-order chi connectivity index (χ1) is 10.8. The lowest BCUT2D eigenvalue weighted by Crippen LogP contribution is -2.32. The lowest BCUT2D eigenvalue weighted by atomic mass is 10.2. The van der Waals surface area contributed by atoms with E-state index in [0.717, 1.165) is 5.56 Å². The average Bonchev–Trinajstić information content (AvgIpc) is 2.44. The fourth-order valence-corrected chi connectivity index (χ4v) is 1.70. The Morgan fingerprint density at radius 3 is 2.65 bits per heavy atom. The summed E-state index contributed by atoms with van der Waals surface area (Å²) in [4.78, 5) is 21.6. The number of nitrogens with zero attached hydrogens (tertiary/aromatic N) is 1. The summed E-state index contributed by atoms with van der Waals surface area (Å²) in [5, 5.41) is 16.4. The molecule has 1 aromatic carbocycles. The molecule has 0 aromatic heterocycles. The van der Waals surface area contributed by atoms with Crippen molar-refractivity contribution in [3.63, 3.8) is 0 Å². The van der Waals surface area contributed by atoms with Crippen molar-refractivity contribution in [2.45, 2.75) is 32.9 Å². The molecule has 0 radical (unpaired) electrons. The standard InChI is InChI=1S/C16H23N3O4/c1-16(2,3)23-15(20)18-10-5-4-9-17-12-13-7-6-8-14(11-13)19(21)22/h4-8,11,17H,9-10,12H2,1-3H3,(H,18,20)/b5-4+. The fraction of sp³-hybridized carbons (Fsp3) is 0.438. The molecule has 7 heteroatoms. The van der Waals surface area contributed by atoms with E-state index in [1.807, 2.05) is 18.2 Å². The van der Waals surface area contributed by atoms with Gasteiger partial charge in [-0.05, 0) is 26.3 Å². The third kappa shape index (κ3) is 8.57. The number of benzene rings is 1. The highest BCUT2D eigenvalue weighted by Gasteiger charge is 2.14. The molecule has 0 spiro atoms. The van der Waals surface area contributed by atoms with Crippen LogP contribution >= 0.6 is 0 Å². The molecule has 1 amide bonds. The van der Waals surface area contributed by atoms with Gasteiger partial charge in [0, 0.05) is 31.8 Å². The van der Waals surface area contributed by atoms with Crippen LogP contribution in [0.1, 0.15) is 26.3 Å². The van der Waals surface area contributed by atoms with Gasteiger partial charge in [0.25, 0.3) is 5.69 Å². The van der Waals surface area contributed by atoms with Crippen molar-refractivity contribution in [3.05, 3.63) is 52.1 Å². The summed E-state index contributed by atoms with van der Waals surface area (Å²) < 4.78 is 5.10. The minimum Gasteiger partial charge on any atom is -0.444 e. The van der Waals surface area contributed by atoms with Gasteiger partial charge in [0.15, 0.2) is 0 Å². The monoisotopic (exact) mass is 321 g/mol. The normalized spacial score (nSPS) is 11.4. The van der Waals surface area contributed by atoms with E-state index < -0.39 is 16.6 Å². The molecule has 7 nitrogen and oxygen atoms in total. The van der Waals surface area contributed by atoms with E-state index in [4.69, 9.17) is 4.74 Å². The summed E-state index contributed by atoms with van der Waals surface area (Å²) in [7, 11) is 0. The maximum Gasteiger partial charge on any atom is 0.407 e. The second kappa shape index (κ2) is 8.89. The van der Waals surface area contributed by atoms with Crippen molar-refractivity contribution in [1.82, 2.24) is 10.6 Å². The van der Waals surface area contributed by atoms with Gasteiger partial charge in [-0.25, -0.2) is 4.79 Å². The van der Waals surface area contributed by atoms with E-state index in [-0.39, 0.29) is 5.69 Å². The second-order valence-electron chi connectivity index (χ2n) is 5.91. The van der Waals surface area contributed by atoms with Gasteiger partial charge in [0.2, 0.25) is 0 Å². The first-order valence-corrected chi connectivity index (χ1v) is 7.34. The first-order valence-electron chi connectivity index (χ1n) is 7.34. The van der Waals surface area contributed by atoms with Gasteiger partial charge in [-0.1, -0.05) is 24.3 Å². The molecule has 1 aromatic rings. The zero-order valence-corrected chi connectivity index (χ0v) is 13.7. The lowest BCUT2D eigenvalue weighted by molar-refractivity contribution is -0.384. The molecule has 0 saturated carbocycles. The number of hydrogen-bond donors (Lipinski definition) is 2. The number of non-ortho nitro benzene ring substituents is 1. The summed E-state index contributed by atoms with van der Waals surface area (Å²) in [6.45, 7) is 6.93. The van der Waals surface area contributed by atoms with Gasteiger partial charge < -0.3 is 15.4 Å². The van der Waals surface area contributed by atoms with Crippen molar-refractivity contribution in [2.24, 2.45) is 0 Å². The number of carbonyl (C=O) groups excluding carboxylic acids is 1. The second-order valence-corrected chi connectivity index (χ2v) is 5.91. The minimum absolute atomic E-state index is 0.0846. The van der Waals surface area contributed by atoms with E-state index >= 15 is 0 Å². The van der Waals surface area contributed by atoms with Crippen molar-refractivity contribution in [3.8, 4) is 0 Å². The Labute approximate surface area is 135 Å². The largest absolute Gasteiger partial charge is 0.444 e. The molecule has 0 atom stereocenters. The molecule has 0 aliphatic rings. The molecular weight excluding hydrogens is 298 g/mol. The third-order valence-corrected chi connectivity index (χ3v) is 2.64. The van der Waals surface area contributed by atoms with Crippen LogP contribution < -0.4 is 10.6 Å². The van der Waals surface area contributed by atoms with Crippen LogP contribution in [-0.4, -0.2) is 29.7 Å². The Morgan fingerprint density at radius 2 is 2.00 bits per heavy atom. The molecule has 0 aliphatic carbocycles. The highest BCUT2D eigenvalue weighted by atomic mass is 16.6. The van der Waals surface area contributed by atoms with Gasteiger partial charge in [-0.2, -0.15) is 0 Å². The highest BCUT2D eigenvalue weighted by molar-refractivity contribution is 5.67. The van der Waals surface area contributed by atoms with Crippen molar-refractivity contribution in [2.75, 3.05) is 13.1 Å². The van der Waals surface area contributed by atoms with Crippen LogP contribution in [0.15, 0.2) is 36.4 Å². The zero-order chi connectivity index (χ0) is 17.3. The predicted octanol–water partition coefficient (Wildman–Crippen LogP) is 2.77. The van der Waals surface area contributed by atoms with Crippen LogP contribution in [0.2, 0.25) is 0 Å². The molecule has 0 bridgehead atoms. The van der Waals surface area contributed by atoms with Crippen molar-refractivity contribution >= 4 is 11.8 Å². The number of rotatable bonds is 7. The van der Waals surface area contributed by atoms with E-state index in [2.05, 4.69) is 10.6 Å². The number of carbonyl (C=O) groups is 1. The number of nitrogens with one attached hydrogen (secondary N) is 2. The Bertz CT molecular complexity index is 565. The summed E-state index contributed by atoms with van der Waals surface area (Å²) in [5.41, 5.74) is 0.425. The molecule has 1 rings (SSSR count). The SMILES string of the molecule is CC(C)(C)OC(=O)NC/C=C/CNCc1cccc([N+](=O)[O-])c1. The predicted molar refractivity (Wildman–Crippen MR) is 88.2 cm³/mol. The van der Waals surface area contributed by atoms with E-state index in [9.17, 15) is 14.9 Å². The molecule has 23 heavy (non-hydrogen) atoms. The Balaban J connectivity index is 2.21. The molecule has 0 saturated heterocycles. The van der Waals surface area contributed by atoms with Crippen LogP contribution in [0.25, 0.3) is 0 Å². The molecule has 0 unspecified atom stereocenters.